The van der Waals surface area contributed by atoms with Crippen LogP contribution in [0.2, 0.25) is 0 Å². The molecule has 1 aromatic rings. The highest BCUT2D eigenvalue weighted by Gasteiger charge is 2.36. The van der Waals surface area contributed by atoms with Crippen LogP contribution in [0.1, 0.15) is 85.6 Å². The maximum absolute atomic E-state index is 12.7. The minimum absolute atomic E-state index is 0.0925. The second-order valence-electron chi connectivity index (χ2n) is 10.4. The van der Waals surface area contributed by atoms with Crippen LogP contribution in [0.5, 0.6) is 11.5 Å². The molecule has 2 N–H and O–H groups in total. The summed E-state index contributed by atoms with van der Waals surface area (Å²) in [6, 6.07) is 4.33. The van der Waals surface area contributed by atoms with Crippen LogP contribution in [0.3, 0.4) is 0 Å². The molecule has 1 aromatic carbocycles. The van der Waals surface area contributed by atoms with E-state index in [9.17, 15) is 19.2 Å². The topological polar surface area (TPSA) is 159 Å². The highest BCUT2D eigenvalue weighted by Crippen LogP contribution is 2.31. The molecule has 0 saturated heterocycles. The summed E-state index contributed by atoms with van der Waals surface area (Å²) >= 11 is 0. The van der Waals surface area contributed by atoms with Gasteiger partial charge in [-0.05, 0) is 50.3 Å². The van der Waals surface area contributed by atoms with E-state index < -0.39 is 36.1 Å². The molecule has 0 aliphatic heterocycles. The zero-order chi connectivity index (χ0) is 31.7. The summed E-state index contributed by atoms with van der Waals surface area (Å²) in [5.74, 6) is -0.805. The molecule has 2 unspecified atom stereocenters. The summed E-state index contributed by atoms with van der Waals surface area (Å²) in [6.07, 6.45) is -0.0830. The molecular weight excluding hydrogens is 550 g/mol. The molecule has 12 heteroatoms. The lowest BCUT2D eigenvalue weighted by Crippen LogP contribution is -2.51. The molecule has 0 radical (unpaired) electrons. The SMILES string of the molecule is CCCC(C)OC(=O)Oc1cc(CC(N)(CCOC(=O)OC[C@@H](C)CC)C(=O)OC)ccc1OC(=O)O[C@@H](C)CCC. The van der Waals surface area contributed by atoms with Crippen LogP contribution in [0.15, 0.2) is 18.2 Å². The molecule has 0 fully saturated rings. The summed E-state index contributed by atoms with van der Waals surface area (Å²) in [5.41, 5.74) is 5.24. The van der Waals surface area contributed by atoms with Gasteiger partial charge in [-0.3, -0.25) is 4.79 Å². The Balaban J connectivity index is 3.13. The largest absolute Gasteiger partial charge is 0.514 e. The molecule has 0 amide bonds. The van der Waals surface area contributed by atoms with Gasteiger partial charge in [0.2, 0.25) is 0 Å². The normalized spacial score (nSPS) is 14.4. The number of carbonyl (C=O) groups excluding carboxylic acids is 4. The van der Waals surface area contributed by atoms with E-state index in [1.54, 1.807) is 19.9 Å². The van der Waals surface area contributed by atoms with E-state index in [2.05, 4.69) is 0 Å². The van der Waals surface area contributed by atoms with E-state index in [4.69, 9.17) is 38.9 Å². The number of ether oxygens (including phenoxy) is 7. The van der Waals surface area contributed by atoms with Crippen LogP contribution in [0.25, 0.3) is 0 Å². The van der Waals surface area contributed by atoms with Gasteiger partial charge in [-0.15, -0.1) is 0 Å². The Hall–Kier alpha value is -3.54. The van der Waals surface area contributed by atoms with Crippen molar-refractivity contribution in [3.8, 4) is 11.5 Å². The van der Waals surface area contributed by atoms with Crippen LogP contribution in [0.4, 0.5) is 14.4 Å². The summed E-state index contributed by atoms with van der Waals surface area (Å²) in [5, 5.41) is 0. The minimum Gasteiger partial charge on any atom is -0.468 e. The van der Waals surface area contributed by atoms with Crippen molar-refractivity contribution in [2.24, 2.45) is 11.7 Å². The van der Waals surface area contributed by atoms with E-state index in [-0.39, 0.29) is 49.6 Å². The summed E-state index contributed by atoms with van der Waals surface area (Å²) in [6.45, 7) is 11.3. The van der Waals surface area contributed by atoms with Crippen molar-refractivity contribution in [3.05, 3.63) is 23.8 Å². The lowest BCUT2D eigenvalue weighted by molar-refractivity contribution is -0.147. The van der Waals surface area contributed by atoms with Gasteiger partial charge in [0.25, 0.3) is 0 Å². The molecular formula is C30H47NO11. The minimum atomic E-state index is -1.62. The van der Waals surface area contributed by atoms with Crippen molar-refractivity contribution in [3.63, 3.8) is 0 Å². The highest BCUT2D eigenvalue weighted by atomic mass is 16.8. The predicted molar refractivity (Wildman–Crippen MR) is 153 cm³/mol. The first-order valence-corrected chi connectivity index (χ1v) is 14.4. The maximum atomic E-state index is 12.7. The Kier molecular flexibility index (Phi) is 16.3. The first-order valence-electron chi connectivity index (χ1n) is 14.4. The second-order valence-corrected chi connectivity index (χ2v) is 10.4. The second kappa shape index (κ2) is 18.8. The third kappa shape index (κ3) is 13.4. The monoisotopic (exact) mass is 597 g/mol. The molecule has 4 atom stereocenters. The lowest BCUT2D eigenvalue weighted by atomic mass is 9.88. The van der Waals surface area contributed by atoms with Crippen molar-refractivity contribution in [2.75, 3.05) is 20.3 Å². The van der Waals surface area contributed by atoms with Crippen molar-refractivity contribution < 1.29 is 52.3 Å². The Bertz CT molecular complexity index is 1010. The number of hydrogen-bond donors (Lipinski definition) is 1. The zero-order valence-corrected chi connectivity index (χ0v) is 25.9. The molecule has 0 bridgehead atoms. The van der Waals surface area contributed by atoms with Crippen LogP contribution >= 0.6 is 0 Å². The van der Waals surface area contributed by atoms with Crippen LogP contribution in [-0.2, 0) is 34.9 Å². The van der Waals surface area contributed by atoms with Gasteiger partial charge in [0, 0.05) is 12.8 Å². The highest BCUT2D eigenvalue weighted by molar-refractivity contribution is 5.81. The Labute approximate surface area is 248 Å². The van der Waals surface area contributed by atoms with E-state index in [0.29, 0.717) is 18.4 Å². The molecule has 0 aliphatic carbocycles. The fourth-order valence-corrected chi connectivity index (χ4v) is 3.83. The van der Waals surface area contributed by atoms with Gasteiger partial charge in [0.1, 0.15) is 17.7 Å². The average molecular weight is 598 g/mol. The smallest absolute Gasteiger partial charge is 0.468 e. The van der Waals surface area contributed by atoms with E-state index >= 15 is 0 Å². The Morgan fingerprint density at radius 3 is 1.93 bits per heavy atom. The number of methoxy groups -OCH3 is 1. The van der Waals surface area contributed by atoms with Gasteiger partial charge in [0.15, 0.2) is 11.5 Å². The van der Waals surface area contributed by atoms with Crippen LogP contribution in [0, 0.1) is 5.92 Å². The fraction of sp³-hybridized carbons (Fsp3) is 0.667. The van der Waals surface area contributed by atoms with Crippen LogP contribution in [-0.4, -0.2) is 62.5 Å². The molecule has 42 heavy (non-hydrogen) atoms. The van der Waals surface area contributed by atoms with E-state index in [0.717, 1.165) is 19.3 Å². The van der Waals surface area contributed by atoms with Crippen LogP contribution < -0.4 is 15.2 Å². The van der Waals surface area contributed by atoms with Gasteiger partial charge in [-0.2, -0.15) is 0 Å². The number of carbonyl (C=O) groups is 4. The van der Waals surface area contributed by atoms with Crippen molar-refractivity contribution >= 4 is 24.4 Å². The number of nitrogens with two attached hydrogens (primary N) is 1. The number of esters is 1. The third-order valence-electron chi connectivity index (χ3n) is 6.44. The first-order chi connectivity index (χ1) is 19.9. The summed E-state index contributed by atoms with van der Waals surface area (Å²) < 4.78 is 36.3. The summed E-state index contributed by atoms with van der Waals surface area (Å²) in [4.78, 5) is 49.5. The number of rotatable bonds is 17. The number of benzene rings is 1. The Morgan fingerprint density at radius 2 is 1.40 bits per heavy atom. The fourth-order valence-electron chi connectivity index (χ4n) is 3.83. The standard InChI is InChI=1S/C30H47NO11/c1-8-11-21(5)39-28(34)41-24-14-13-23(17-25(24)42-29(35)40-22(6)12-9-2)18-30(31,26(32)36-7)15-16-37-27(33)38-19-20(4)10-3/h13-14,17,20-22H,8-12,15-16,18-19,31H2,1-7H3/t20-,21-,22?,30?/m0/s1. The van der Waals surface area contributed by atoms with Crippen molar-refractivity contribution in [1.82, 2.24) is 0 Å². The van der Waals surface area contributed by atoms with Gasteiger partial charge in [0.05, 0.1) is 20.3 Å². The third-order valence-corrected chi connectivity index (χ3v) is 6.44. The molecule has 0 saturated carbocycles. The predicted octanol–water partition coefficient (Wildman–Crippen LogP) is 6.10. The quantitative estimate of drug-likeness (QED) is 0.125. The average Bonchev–Trinajstić information content (AvgIpc) is 2.92. The molecule has 0 heterocycles. The van der Waals surface area contributed by atoms with Gasteiger partial charge in [-0.25, -0.2) is 14.4 Å². The molecule has 0 spiro atoms. The molecule has 238 valence electrons. The molecule has 0 aliphatic rings. The van der Waals surface area contributed by atoms with Crippen molar-refractivity contribution in [2.45, 2.75) is 104 Å². The lowest BCUT2D eigenvalue weighted by Gasteiger charge is -2.26. The van der Waals surface area contributed by atoms with E-state index in [1.807, 2.05) is 27.7 Å². The first kappa shape index (κ1) is 36.5. The maximum Gasteiger partial charge on any atom is 0.514 e. The van der Waals surface area contributed by atoms with Gasteiger partial charge in [-0.1, -0.05) is 53.0 Å². The molecule has 0 aromatic heterocycles. The number of hydrogen-bond acceptors (Lipinski definition) is 12. The molecule has 12 nitrogen and oxygen atoms in total. The summed E-state index contributed by atoms with van der Waals surface area (Å²) in [7, 11) is 1.19. The van der Waals surface area contributed by atoms with Crippen molar-refractivity contribution in [1.29, 1.82) is 0 Å². The van der Waals surface area contributed by atoms with Gasteiger partial charge < -0.3 is 38.9 Å². The molecule has 1 rings (SSSR count). The van der Waals surface area contributed by atoms with E-state index in [1.165, 1.54) is 19.2 Å². The Morgan fingerprint density at radius 1 is 0.833 bits per heavy atom. The van der Waals surface area contributed by atoms with Gasteiger partial charge >= 0.3 is 24.4 Å². The zero-order valence-electron chi connectivity index (χ0n) is 25.9.